The summed E-state index contributed by atoms with van der Waals surface area (Å²) in [4.78, 5) is 0. The Bertz CT molecular complexity index is 560. The van der Waals surface area contributed by atoms with Crippen molar-refractivity contribution in [1.29, 1.82) is 0 Å². The SMILES string of the molecule is COc1ccc([C@H]2CCc3ccccc3[C@H]2O)cc1. The van der Waals surface area contributed by atoms with Crippen LogP contribution in [0, 0.1) is 0 Å². The Balaban J connectivity index is 1.90. The van der Waals surface area contributed by atoms with E-state index in [4.69, 9.17) is 4.74 Å². The van der Waals surface area contributed by atoms with Gasteiger partial charge >= 0.3 is 0 Å². The van der Waals surface area contributed by atoms with Crippen LogP contribution < -0.4 is 4.74 Å². The Labute approximate surface area is 113 Å². The van der Waals surface area contributed by atoms with E-state index < -0.39 is 6.10 Å². The average molecular weight is 254 g/mol. The number of aliphatic hydroxyl groups excluding tert-OH is 1. The summed E-state index contributed by atoms with van der Waals surface area (Å²) in [6, 6.07) is 16.2. The molecule has 19 heavy (non-hydrogen) atoms. The quantitative estimate of drug-likeness (QED) is 0.889. The third-order valence-corrected chi connectivity index (χ3v) is 4.02. The number of fused-ring (bicyclic) bond motifs is 1. The maximum atomic E-state index is 10.6. The number of aliphatic hydroxyl groups is 1. The molecule has 0 heterocycles. The minimum absolute atomic E-state index is 0.181. The van der Waals surface area contributed by atoms with Crippen molar-refractivity contribution in [2.45, 2.75) is 24.9 Å². The fraction of sp³-hybridized carbons (Fsp3) is 0.294. The van der Waals surface area contributed by atoms with E-state index in [1.807, 2.05) is 30.3 Å². The fourth-order valence-corrected chi connectivity index (χ4v) is 2.94. The fourth-order valence-electron chi connectivity index (χ4n) is 2.94. The van der Waals surface area contributed by atoms with Crippen LogP contribution in [-0.4, -0.2) is 12.2 Å². The van der Waals surface area contributed by atoms with E-state index in [-0.39, 0.29) is 5.92 Å². The normalized spacial score (nSPS) is 21.8. The summed E-state index contributed by atoms with van der Waals surface area (Å²) >= 11 is 0. The highest BCUT2D eigenvalue weighted by Gasteiger charge is 2.28. The van der Waals surface area contributed by atoms with Crippen LogP contribution >= 0.6 is 0 Å². The third-order valence-electron chi connectivity index (χ3n) is 4.02. The van der Waals surface area contributed by atoms with E-state index in [1.165, 1.54) is 11.1 Å². The van der Waals surface area contributed by atoms with Crippen LogP contribution in [0.25, 0.3) is 0 Å². The first-order valence-electron chi connectivity index (χ1n) is 6.69. The van der Waals surface area contributed by atoms with Gasteiger partial charge in [-0.3, -0.25) is 0 Å². The van der Waals surface area contributed by atoms with Crippen molar-refractivity contribution < 1.29 is 9.84 Å². The standard InChI is InChI=1S/C17H18O2/c1-19-14-9-6-13(7-10-14)16-11-8-12-4-2-3-5-15(12)17(16)18/h2-7,9-10,16-18H,8,11H2,1H3/t16-,17-/m1/s1. The Morgan fingerprint density at radius 3 is 2.53 bits per heavy atom. The molecule has 0 amide bonds. The van der Waals surface area contributed by atoms with Gasteiger partial charge in [0.1, 0.15) is 5.75 Å². The molecular formula is C17H18O2. The number of benzene rings is 2. The van der Waals surface area contributed by atoms with Gasteiger partial charge in [0.25, 0.3) is 0 Å². The van der Waals surface area contributed by atoms with Crippen molar-refractivity contribution in [2.24, 2.45) is 0 Å². The van der Waals surface area contributed by atoms with E-state index >= 15 is 0 Å². The molecule has 2 aromatic rings. The number of hydrogen-bond acceptors (Lipinski definition) is 2. The molecule has 1 aliphatic carbocycles. The van der Waals surface area contributed by atoms with Gasteiger partial charge in [-0.15, -0.1) is 0 Å². The van der Waals surface area contributed by atoms with Crippen molar-refractivity contribution in [3.05, 3.63) is 65.2 Å². The highest BCUT2D eigenvalue weighted by atomic mass is 16.5. The molecule has 0 spiro atoms. The van der Waals surface area contributed by atoms with Gasteiger partial charge in [-0.25, -0.2) is 0 Å². The van der Waals surface area contributed by atoms with Gasteiger partial charge in [-0.1, -0.05) is 36.4 Å². The topological polar surface area (TPSA) is 29.5 Å². The van der Waals surface area contributed by atoms with Gasteiger partial charge < -0.3 is 9.84 Å². The molecule has 98 valence electrons. The van der Waals surface area contributed by atoms with Crippen molar-refractivity contribution in [3.63, 3.8) is 0 Å². The second-order valence-corrected chi connectivity index (χ2v) is 5.06. The highest BCUT2D eigenvalue weighted by Crippen LogP contribution is 2.40. The van der Waals surface area contributed by atoms with E-state index in [0.717, 1.165) is 24.2 Å². The zero-order valence-corrected chi connectivity index (χ0v) is 11.0. The van der Waals surface area contributed by atoms with E-state index in [9.17, 15) is 5.11 Å². The minimum atomic E-state index is -0.404. The van der Waals surface area contributed by atoms with E-state index in [0.29, 0.717) is 0 Å². The summed E-state index contributed by atoms with van der Waals surface area (Å²) in [6.45, 7) is 0. The highest BCUT2D eigenvalue weighted by molar-refractivity contribution is 5.37. The average Bonchev–Trinajstić information content (AvgIpc) is 2.48. The third kappa shape index (κ3) is 2.24. The van der Waals surface area contributed by atoms with Crippen molar-refractivity contribution in [3.8, 4) is 5.75 Å². The number of rotatable bonds is 2. The van der Waals surface area contributed by atoms with Gasteiger partial charge in [-0.05, 0) is 41.7 Å². The second kappa shape index (κ2) is 5.06. The number of hydrogen-bond donors (Lipinski definition) is 1. The van der Waals surface area contributed by atoms with Gasteiger partial charge in [-0.2, -0.15) is 0 Å². The molecule has 2 nitrogen and oxygen atoms in total. The Hall–Kier alpha value is -1.80. The lowest BCUT2D eigenvalue weighted by Gasteiger charge is -2.30. The zero-order valence-electron chi connectivity index (χ0n) is 11.0. The molecule has 0 aromatic heterocycles. The summed E-state index contributed by atoms with van der Waals surface area (Å²) in [6.07, 6.45) is 1.62. The lowest BCUT2D eigenvalue weighted by Crippen LogP contribution is -2.18. The molecule has 3 rings (SSSR count). The van der Waals surface area contributed by atoms with E-state index in [1.54, 1.807) is 7.11 Å². The summed E-state index contributed by atoms with van der Waals surface area (Å²) in [7, 11) is 1.67. The maximum Gasteiger partial charge on any atom is 0.118 e. The molecule has 0 saturated carbocycles. The molecule has 0 fully saturated rings. The summed E-state index contributed by atoms with van der Waals surface area (Å²) < 4.78 is 5.18. The van der Waals surface area contributed by atoms with Crippen molar-refractivity contribution in [2.75, 3.05) is 7.11 Å². The van der Waals surface area contributed by atoms with Crippen LogP contribution in [-0.2, 0) is 6.42 Å². The molecule has 0 radical (unpaired) electrons. The van der Waals surface area contributed by atoms with Crippen LogP contribution in [0.5, 0.6) is 5.75 Å². The number of aryl methyl sites for hydroxylation is 1. The van der Waals surface area contributed by atoms with Crippen LogP contribution in [0.2, 0.25) is 0 Å². The van der Waals surface area contributed by atoms with Gasteiger partial charge in [0.2, 0.25) is 0 Å². The molecule has 0 unspecified atom stereocenters. The summed E-state index contributed by atoms with van der Waals surface area (Å²) in [5.41, 5.74) is 3.54. The first kappa shape index (κ1) is 12.2. The molecule has 0 bridgehead atoms. The first-order chi connectivity index (χ1) is 9.29. The Morgan fingerprint density at radius 2 is 1.79 bits per heavy atom. The maximum absolute atomic E-state index is 10.6. The van der Waals surface area contributed by atoms with Gasteiger partial charge in [0.15, 0.2) is 0 Å². The lowest BCUT2D eigenvalue weighted by molar-refractivity contribution is 0.131. The largest absolute Gasteiger partial charge is 0.497 e. The van der Waals surface area contributed by atoms with Crippen molar-refractivity contribution >= 4 is 0 Å². The molecule has 2 aromatic carbocycles. The Morgan fingerprint density at radius 1 is 1.05 bits per heavy atom. The predicted octanol–water partition coefficient (Wildman–Crippen LogP) is 3.46. The molecule has 1 N–H and O–H groups in total. The van der Waals surface area contributed by atoms with E-state index in [2.05, 4.69) is 18.2 Å². The lowest BCUT2D eigenvalue weighted by atomic mass is 9.78. The van der Waals surface area contributed by atoms with Gasteiger partial charge in [0, 0.05) is 5.92 Å². The second-order valence-electron chi connectivity index (χ2n) is 5.06. The zero-order chi connectivity index (χ0) is 13.2. The predicted molar refractivity (Wildman–Crippen MR) is 75.5 cm³/mol. The molecule has 0 aliphatic heterocycles. The monoisotopic (exact) mass is 254 g/mol. The summed E-state index contributed by atoms with van der Waals surface area (Å²) in [5, 5.41) is 10.6. The Kier molecular flexibility index (Phi) is 3.26. The van der Waals surface area contributed by atoms with Crippen LogP contribution in [0.15, 0.2) is 48.5 Å². The van der Waals surface area contributed by atoms with Crippen molar-refractivity contribution in [1.82, 2.24) is 0 Å². The molecule has 2 heteroatoms. The summed E-state index contributed by atoms with van der Waals surface area (Å²) in [5.74, 6) is 1.04. The van der Waals surface area contributed by atoms with Crippen LogP contribution in [0.3, 0.4) is 0 Å². The first-order valence-corrected chi connectivity index (χ1v) is 6.69. The molecule has 2 atom stereocenters. The number of methoxy groups -OCH3 is 1. The van der Waals surface area contributed by atoms with Crippen LogP contribution in [0.4, 0.5) is 0 Å². The van der Waals surface area contributed by atoms with Gasteiger partial charge in [0.05, 0.1) is 13.2 Å². The molecule has 0 saturated heterocycles. The number of ether oxygens (including phenoxy) is 1. The van der Waals surface area contributed by atoms with Crippen LogP contribution in [0.1, 0.15) is 35.1 Å². The minimum Gasteiger partial charge on any atom is -0.497 e. The smallest absolute Gasteiger partial charge is 0.118 e. The molecule has 1 aliphatic rings. The molecular weight excluding hydrogens is 236 g/mol.